The third-order valence-corrected chi connectivity index (χ3v) is 4.14. The highest BCUT2D eigenvalue weighted by Crippen LogP contribution is 2.15. The molecule has 84 valence electrons. The first-order valence-corrected chi connectivity index (χ1v) is 7.07. The lowest BCUT2D eigenvalue weighted by Gasteiger charge is -2.03. The van der Waals surface area contributed by atoms with Gasteiger partial charge < -0.3 is 4.18 Å². The Morgan fingerprint density at radius 1 is 1.07 bits per heavy atom. The van der Waals surface area contributed by atoms with Crippen molar-refractivity contribution in [2.45, 2.75) is 6.92 Å². The van der Waals surface area contributed by atoms with E-state index in [1.165, 1.54) is 24.3 Å². The molecule has 0 aromatic heterocycles. The van der Waals surface area contributed by atoms with Crippen LogP contribution in [-0.2, 0) is 18.3 Å². The van der Waals surface area contributed by atoms with Gasteiger partial charge in [-0.05, 0) is 19.1 Å². The van der Waals surface area contributed by atoms with Crippen molar-refractivity contribution in [3.63, 3.8) is 0 Å². The maximum absolute atomic E-state index is 10.8. The van der Waals surface area contributed by atoms with Gasteiger partial charge in [0.2, 0.25) is 0 Å². The van der Waals surface area contributed by atoms with E-state index in [1.54, 1.807) is 6.92 Å². The van der Waals surface area contributed by atoms with Gasteiger partial charge >= 0.3 is 18.3 Å². The van der Waals surface area contributed by atoms with E-state index >= 15 is 0 Å². The van der Waals surface area contributed by atoms with Crippen LogP contribution in [0.1, 0.15) is 5.56 Å². The highest BCUT2D eigenvalue weighted by Gasteiger charge is 2.29. The summed E-state index contributed by atoms with van der Waals surface area (Å²) in [5.41, 5.74) is 0.853. The fourth-order valence-electron chi connectivity index (χ4n) is 0.755. The van der Waals surface area contributed by atoms with E-state index in [-0.39, 0.29) is 5.75 Å². The Kier molecular flexibility index (Phi) is 3.03. The highest BCUT2D eigenvalue weighted by molar-refractivity contribution is 8.63. The van der Waals surface area contributed by atoms with Crippen LogP contribution in [-0.4, -0.2) is 21.4 Å². The fourth-order valence-corrected chi connectivity index (χ4v) is 1.68. The minimum atomic E-state index is -5.26. The van der Waals surface area contributed by atoms with Gasteiger partial charge in [0.25, 0.3) is 0 Å². The molecule has 8 heteroatoms. The van der Waals surface area contributed by atoms with Crippen LogP contribution >= 0.6 is 0 Å². The minimum Gasteiger partial charge on any atom is -0.370 e. The fraction of sp³-hybridized carbons (Fsp3) is 0.143. The number of benzene rings is 1. The molecule has 1 aromatic carbocycles. The molecule has 0 radical (unpaired) electrons. The van der Waals surface area contributed by atoms with Crippen molar-refractivity contribution in [3.8, 4) is 5.75 Å². The van der Waals surface area contributed by atoms with Crippen molar-refractivity contribution in [1.82, 2.24) is 0 Å². The summed E-state index contributed by atoms with van der Waals surface area (Å²) in [5.74, 6) is -0.182. The van der Waals surface area contributed by atoms with Gasteiger partial charge in [0, 0.05) is 0 Å². The van der Waals surface area contributed by atoms with Crippen molar-refractivity contribution >= 4 is 18.3 Å². The lowest BCUT2D eigenvalue weighted by molar-refractivity contribution is 0.462. The van der Waals surface area contributed by atoms with Gasteiger partial charge in [-0.15, -0.1) is 0 Å². The zero-order valence-electron chi connectivity index (χ0n) is 7.61. The molecular formula is C7H8O6S2. The molecule has 0 unspecified atom stereocenters. The maximum Gasteiger partial charge on any atom is 0.444 e. The molecule has 0 aliphatic rings. The molecule has 0 atom stereocenters. The smallest absolute Gasteiger partial charge is 0.370 e. The summed E-state index contributed by atoms with van der Waals surface area (Å²) in [6.45, 7) is 1.76. The molecule has 1 aromatic rings. The van der Waals surface area contributed by atoms with E-state index < -0.39 is 18.3 Å². The Bertz CT molecular complexity index is 540. The van der Waals surface area contributed by atoms with Gasteiger partial charge in [-0.1, -0.05) is 17.7 Å². The number of rotatable bonds is 3. The summed E-state index contributed by atoms with van der Waals surface area (Å²) in [7, 11) is -10.3. The van der Waals surface area contributed by atoms with E-state index in [0.717, 1.165) is 5.56 Å². The number of aryl methyl sites for hydroxylation is 1. The Labute approximate surface area is 86.8 Å². The largest absolute Gasteiger partial charge is 0.444 e. The van der Waals surface area contributed by atoms with Crippen LogP contribution in [0.2, 0.25) is 0 Å². The summed E-state index contributed by atoms with van der Waals surface area (Å²) in [6.07, 6.45) is 0. The SMILES string of the molecule is Cc1ccc(OS(=O)(=O)S(=O)(=O)O)cc1. The molecule has 0 fully saturated rings. The Morgan fingerprint density at radius 2 is 1.53 bits per heavy atom. The summed E-state index contributed by atoms with van der Waals surface area (Å²) in [6, 6.07) is 5.62. The molecule has 6 nitrogen and oxygen atoms in total. The van der Waals surface area contributed by atoms with E-state index in [4.69, 9.17) is 4.55 Å². The standard InChI is InChI=1S/C7H8O6S2/c1-6-2-4-7(5-3-6)13-15(11,12)14(8,9)10/h2-5H,1H3,(H,8,9,10). The second kappa shape index (κ2) is 3.80. The van der Waals surface area contributed by atoms with E-state index in [2.05, 4.69) is 4.18 Å². The van der Waals surface area contributed by atoms with Crippen molar-refractivity contribution < 1.29 is 25.6 Å². The summed E-state index contributed by atoms with van der Waals surface area (Å²) in [4.78, 5) is 0. The number of hydrogen-bond donors (Lipinski definition) is 1. The lowest BCUT2D eigenvalue weighted by atomic mass is 10.2. The first-order chi connectivity index (χ1) is 6.72. The van der Waals surface area contributed by atoms with Crippen molar-refractivity contribution in [2.24, 2.45) is 0 Å². The van der Waals surface area contributed by atoms with Crippen molar-refractivity contribution in [3.05, 3.63) is 29.8 Å². The molecule has 0 aliphatic heterocycles. The van der Waals surface area contributed by atoms with Crippen LogP contribution in [0.3, 0.4) is 0 Å². The third-order valence-electron chi connectivity index (χ3n) is 1.48. The first-order valence-electron chi connectivity index (χ1n) is 3.71. The molecule has 0 bridgehead atoms. The second-order valence-electron chi connectivity index (χ2n) is 2.73. The van der Waals surface area contributed by atoms with Crippen LogP contribution in [0.4, 0.5) is 0 Å². The van der Waals surface area contributed by atoms with Gasteiger partial charge in [-0.3, -0.25) is 4.55 Å². The Hall–Kier alpha value is -1.12. The molecule has 0 aliphatic carbocycles. The molecule has 0 spiro atoms. The van der Waals surface area contributed by atoms with Crippen LogP contribution in [0.25, 0.3) is 0 Å². The monoisotopic (exact) mass is 252 g/mol. The minimum absolute atomic E-state index is 0.182. The zero-order valence-corrected chi connectivity index (χ0v) is 9.25. The molecule has 15 heavy (non-hydrogen) atoms. The predicted octanol–water partition coefficient (Wildman–Crippen LogP) is 0.506. The summed E-state index contributed by atoms with van der Waals surface area (Å²) in [5, 5.41) is 0. The summed E-state index contributed by atoms with van der Waals surface area (Å²) >= 11 is 0. The Balaban J connectivity index is 3.03. The van der Waals surface area contributed by atoms with E-state index in [1.807, 2.05) is 0 Å². The average molecular weight is 252 g/mol. The molecule has 1 rings (SSSR count). The molecule has 0 saturated carbocycles. The topological polar surface area (TPSA) is 97.7 Å². The first kappa shape index (κ1) is 12.0. The molecular weight excluding hydrogens is 244 g/mol. The average Bonchev–Trinajstić information content (AvgIpc) is 2.06. The van der Waals surface area contributed by atoms with Crippen LogP contribution in [0.15, 0.2) is 24.3 Å². The zero-order chi connectivity index (χ0) is 11.7. The predicted molar refractivity (Wildman–Crippen MR) is 52.3 cm³/mol. The van der Waals surface area contributed by atoms with Gasteiger partial charge in [0.05, 0.1) is 0 Å². The lowest BCUT2D eigenvalue weighted by Crippen LogP contribution is -2.20. The van der Waals surface area contributed by atoms with Gasteiger partial charge in [0.15, 0.2) is 0 Å². The highest BCUT2D eigenvalue weighted by atomic mass is 33.2. The van der Waals surface area contributed by atoms with Crippen LogP contribution in [0.5, 0.6) is 5.75 Å². The van der Waals surface area contributed by atoms with Crippen LogP contribution < -0.4 is 4.18 Å². The van der Waals surface area contributed by atoms with Gasteiger partial charge in [-0.25, -0.2) is 0 Å². The van der Waals surface area contributed by atoms with Crippen molar-refractivity contribution in [1.29, 1.82) is 0 Å². The maximum atomic E-state index is 10.8. The van der Waals surface area contributed by atoms with E-state index in [9.17, 15) is 16.8 Å². The molecule has 0 saturated heterocycles. The van der Waals surface area contributed by atoms with Gasteiger partial charge in [-0.2, -0.15) is 16.8 Å². The molecule has 0 heterocycles. The second-order valence-corrected chi connectivity index (χ2v) is 7.06. The van der Waals surface area contributed by atoms with Crippen LogP contribution in [0, 0.1) is 6.92 Å². The molecule has 0 amide bonds. The quantitative estimate of drug-likeness (QED) is 0.621. The summed E-state index contributed by atoms with van der Waals surface area (Å²) < 4.78 is 54.9. The molecule has 1 N–H and O–H groups in total. The Morgan fingerprint density at radius 3 is 1.93 bits per heavy atom. The van der Waals surface area contributed by atoms with Crippen molar-refractivity contribution in [2.75, 3.05) is 0 Å². The van der Waals surface area contributed by atoms with Gasteiger partial charge in [0.1, 0.15) is 5.75 Å². The third kappa shape index (κ3) is 2.91. The van der Waals surface area contributed by atoms with E-state index in [0.29, 0.717) is 0 Å². The normalized spacial score (nSPS) is 12.4. The number of hydrogen-bond acceptors (Lipinski definition) is 5.